The van der Waals surface area contributed by atoms with Gasteiger partial charge < -0.3 is 5.11 Å². The largest absolute Gasteiger partial charge is 0.395 e. The SMILES string of the molecule is C=C(Br)CN(CCC)CCO. The van der Waals surface area contributed by atoms with E-state index in [2.05, 4.69) is 34.3 Å². The van der Waals surface area contributed by atoms with Crippen LogP contribution in [0.4, 0.5) is 0 Å². The van der Waals surface area contributed by atoms with Gasteiger partial charge in [0.25, 0.3) is 0 Å². The zero-order chi connectivity index (χ0) is 8.69. The maximum Gasteiger partial charge on any atom is 0.0558 e. The van der Waals surface area contributed by atoms with Gasteiger partial charge in [-0.05, 0) is 13.0 Å². The number of hydrogen-bond donors (Lipinski definition) is 1. The summed E-state index contributed by atoms with van der Waals surface area (Å²) in [6.07, 6.45) is 1.11. The molecule has 0 aliphatic carbocycles. The van der Waals surface area contributed by atoms with Gasteiger partial charge in [0.05, 0.1) is 6.61 Å². The molecule has 0 aromatic carbocycles. The average Bonchev–Trinajstić information content (AvgIpc) is 1.87. The van der Waals surface area contributed by atoms with Gasteiger partial charge in [-0.2, -0.15) is 0 Å². The molecule has 0 aliphatic rings. The normalized spacial score (nSPS) is 10.5. The van der Waals surface area contributed by atoms with Crippen molar-refractivity contribution in [2.45, 2.75) is 13.3 Å². The molecule has 66 valence electrons. The molecule has 1 N–H and O–H groups in total. The van der Waals surface area contributed by atoms with E-state index in [1.165, 1.54) is 0 Å². The van der Waals surface area contributed by atoms with E-state index in [9.17, 15) is 0 Å². The quantitative estimate of drug-likeness (QED) is 0.737. The maximum atomic E-state index is 8.69. The molecule has 0 spiro atoms. The summed E-state index contributed by atoms with van der Waals surface area (Å²) in [6, 6.07) is 0. The van der Waals surface area contributed by atoms with Gasteiger partial charge in [0.15, 0.2) is 0 Å². The first-order valence-corrected chi connectivity index (χ1v) is 4.66. The van der Waals surface area contributed by atoms with Crippen molar-refractivity contribution in [2.24, 2.45) is 0 Å². The van der Waals surface area contributed by atoms with Crippen LogP contribution in [0.5, 0.6) is 0 Å². The minimum absolute atomic E-state index is 0.222. The topological polar surface area (TPSA) is 23.5 Å². The molecule has 2 nitrogen and oxygen atoms in total. The van der Waals surface area contributed by atoms with E-state index in [0.29, 0.717) is 0 Å². The highest BCUT2D eigenvalue weighted by molar-refractivity contribution is 9.11. The van der Waals surface area contributed by atoms with Crippen LogP contribution < -0.4 is 0 Å². The average molecular weight is 222 g/mol. The molecule has 3 heteroatoms. The van der Waals surface area contributed by atoms with Crippen molar-refractivity contribution in [1.82, 2.24) is 4.90 Å². The summed E-state index contributed by atoms with van der Waals surface area (Å²) in [5, 5.41) is 8.69. The fraction of sp³-hybridized carbons (Fsp3) is 0.750. The molecule has 0 fully saturated rings. The number of hydrogen-bond acceptors (Lipinski definition) is 2. The Bertz CT molecular complexity index is 111. The second-order valence-corrected chi connectivity index (χ2v) is 3.64. The van der Waals surface area contributed by atoms with Crippen molar-refractivity contribution in [3.63, 3.8) is 0 Å². The van der Waals surface area contributed by atoms with Crippen LogP contribution in [0.3, 0.4) is 0 Å². The highest BCUT2D eigenvalue weighted by atomic mass is 79.9. The second-order valence-electron chi connectivity index (χ2n) is 2.52. The molecule has 0 unspecified atom stereocenters. The van der Waals surface area contributed by atoms with Crippen molar-refractivity contribution in [3.05, 3.63) is 11.1 Å². The number of halogens is 1. The second kappa shape index (κ2) is 6.83. The monoisotopic (exact) mass is 221 g/mol. The molecular formula is C8H16BrNO. The molecule has 0 atom stereocenters. The minimum atomic E-state index is 0.222. The van der Waals surface area contributed by atoms with Gasteiger partial charge in [-0.1, -0.05) is 29.4 Å². The number of rotatable bonds is 6. The molecule has 0 heterocycles. The fourth-order valence-corrected chi connectivity index (χ4v) is 1.32. The van der Waals surface area contributed by atoms with Crippen LogP contribution in [0.25, 0.3) is 0 Å². The van der Waals surface area contributed by atoms with Gasteiger partial charge in [0, 0.05) is 17.6 Å². The minimum Gasteiger partial charge on any atom is -0.395 e. The Hall–Kier alpha value is 0.140. The van der Waals surface area contributed by atoms with Gasteiger partial charge in [-0.3, -0.25) is 4.90 Å². The molecule has 0 saturated heterocycles. The van der Waals surface area contributed by atoms with Crippen molar-refractivity contribution in [1.29, 1.82) is 0 Å². The lowest BCUT2D eigenvalue weighted by Crippen LogP contribution is -2.28. The van der Waals surface area contributed by atoms with Gasteiger partial charge in [-0.25, -0.2) is 0 Å². The van der Waals surface area contributed by atoms with Gasteiger partial charge in [-0.15, -0.1) is 0 Å². The van der Waals surface area contributed by atoms with Crippen LogP contribution in [0, 0.1) is 0 Å². The highest BCUT2D eigenvalue weighted by Gasteiger charge is 2.02. The third-order valence-electron chi connectivity index (χ3n) is 1.35. The van der Waals surface area contributed by atoms with Crippen molar-refractivity contribution in [3.8, 4) is 0 Å². The molecule has 0 bridgehead atoms. The van der Waals surface area contributed by atoms with Crippen molar-refractivity contribution < 1.29 is 5.11 Å². The van der Waals surface area contributed by atoms with E-state index in [1.54, 1.807) is 0 Å². The summed E-state index contributed by atoms with van der Waals surface area (Å²) in [6.45, 7) is 8.68. The molecule has 0 rings (SSSR count). The Morgan fingerprint density at radius 1 is 1.55 bits per heavy atom. The van der Waals surface area contributed by atoms with Crippen LogP contribution in [0.15, 0.2) is 11.1 Å². The summed E-state index contributed by atoms with van der Waals surface area (Å²) in [5.41, 5.74) is 0. The summed E-state index contributed by atoms with van der Waals surface area (Å²) in [7, 11) is 0. The van der Waals surface area contributed by atoms with Crippen LogP contribution >= 0.6 is 15.9 Å². The summed E-state index contributed by atoms with van der Waals surface area (Å²) >= 11 is 3.30. The standard InChI is InChI=1S/C8H16BrNO/c1-3-4-10(5-6-11)7-8(2)9/h11H,2-7H2,1H3. The van der Waals surface area contributed by atoms with Crippen molar-refractivity contribution in [2.75, 3.05) is 26.2 Å². The molecule has 0 amide bonds. The molecule has 0 aliphatic heterocycles. The fourth-order valence-electron chi connectivity index (χ4n) is 0.970. The third-order valence-corrected chi connectivity index (χ3v) is 1.60. The van der Waals surface area contributed by atoms with Gasteiger partial charge in [0.2, 0.25) is 0 Å². The molecule has 0 radical (unpaired) electrons. The van der Waals surface area contributed by atoms with Crippen LogP contribution in [-0.4, -0.2) is 36.2 Å². The Balaban J connectivity index is 3.59. The van der Waals surface area contributed by atoms with Gasteiger partial charge in [0.1, 0.15) is 0 Å². The molecule has 0 saturated carbocycles. The smallest absolute Gasteiger partial charge is 0.0558 e. The van der Waals surface area contributed by atoms with Crippen LogP contribution in [-0.2, 0) is 0 Å². The number of aliphatic hydroxyl groups excluding tert-OH is 1. The highest BCUT2D eigenvalue weighted by Crippen LogP contribution is 2.04. The lowest BCUT2D eigenvalue weighted by Gasteiger charge is -2.19. The Morgan fingerprint density at radius 3 is 2.55 bits per heavy atom. The maximum absolute atomic E-state index is 8.69. The molecular weight excluding hydrogens is 206 g/mol. The predicted molar refractivity (Wildman–Crippen MR) is 51.9 cm³/mol. The first-order chi connectivity index (χ1) is 5.20. The lowest BCUT2D eigenvalue weighted by molar-refractivity contribution is 0.208. The molecule has 0 aromatic heterocycles. The van der Waals surface area contributed by atoms with E-state index in [4.69, 9.17) is 5.11 Å². The summed E-state index contributed by atoms with van der Waals surface area (Å²) in [5.74, 6) is 0. The van der Waals surface area contributed by atoms with E-state index >= 15 is 0 Å². The van der Waals surface area contributed by atoms with E-state index in [-0.39, 0.29) is 6.61 Å². The Labute approximate surface area is 77.0 Å². The molecule has 0 aromatic rings. The summed E-state index contributed by atoms with van der Waals surface area (Å²) in [4.78, 5) is 2.16. The first kappa shape index (κ1) is 11.1. The van der Waals surface area contributed by atoms with E-state index < -0.39 is 0 Å². The predicted octanol–water partition coefficient (Wildman–Crippen LogP) is 1.60. The zero-order valence-electron chi connectivity index (χ0n) is 7.02. The Kier molecular flexibility index (Phi) is 6.91. The van der Waals surface area contributed by atoms with Gasteiger partial charge >= 0.3 is 0 Å². The Morgan fingerprint density at radius 2 is 2.18 bits per heavy atom. The van der Waals surface area contributed by atoms with E-state index in [1.807, 2.05) is 0 Å². The first-order valence-electron chi connectivity index (χ1n) is 3.87. The third kappa shape index (κ3) is 6.53. The zero-order valence-corrected chi connectivity index (χ0v) is 8.60. The summed E-state index contributed by atoms with van der Waals surface area (Å²) < 4.78 is 0.972. The van der Waals surface area contributed by atoms with E-state index in [0.717, 1.165) is 30.5 Å². The number of aliphatic hydroxyl groups is 1. The lowest BCUT2D eigenvalue weighted by atomic mass is 10.4. The molecule has 11 heavy (non-hydrogen) atoms. The number of nitrogens with zero attached hydrogens (tertiary/aromatic N) is 1. The van der Waals surface area contributed by atoms with Crippen LogP contribution in [0.1, 0.15) is 13.3 Å². The van der Waals surface area contributed by atoms with Crippen LogP contribution in [0.2, 0.25) is 0 Å². The van der Waals surface area contributed by atoms with Crippen molar-refractivity contribution >= 4 is 15.9 Å².